The standard InChI is InChI=1S/C54H34N2OS/c1-3-14-35(15-4-1)37-26-28-39(29-27-37)55(50-33-38(36-16-5-2-6-17-36)32-46-44-20-9-12-25-52(44)58-54(46)50)40-30-31-43-45-21-13-24-49(53(45)57-51(43)34-40)56-47-22-10-7-18-41(47)42-19-8-11-23-48(42)56/h1-34H. The zero-order chi connectivity index (χ0) is 38.2. The number of hydrogen-bond donors (Lipinski definition) is 0. The minimum absolute atomic E-state index is 0.846. The summed E-state index contributed by atoms with van der Waals surface area (Å²) < 4.78 is 11.9. The van der Waals surface area contributed by atoms with Gasteiger partial charge in [0.25, 0.3) is 0 Å². The Morgan fingerprint density at radius 1 is 0.397 bits per heavy atom. The van der Waals surface area contributed by atoms with Crippen LogP contribution in [0.4, 0.5) is 17.1 Å². The van der Waals surface area contributed by atoms with Crippen molar-refractivity contribution >= 4 is 92.3 Å². The maximum atomic E-state index is 7.03. The van der Waals surface area contributed by atoms with Crippen LogP contribution in [0.2, 0.25) is 0 Å². The molecule has 12 rings (SSSR count). The number of para-hydroxylation sites is 3. The van der Waals surface area contributed by atoms with Crippen molar-refractivity contribution < 1.29 is 4.42 Å². The molecule has 9 aromatic carbocycles. The van der Waals surface area contributed by atoms with E-state index in [1.165, 1.54) is 53.2 Å². The largest absolute Gasteiger partial charge is 0.454 e. The zero-order valence-electron chi connectivity index (χ0n) is 31.3. The number of rotatable bonds is 6. The first-order valence-corrected chi connectivity index (χ1v) is 20.5. The molecule has 12 aromatic rings. The van der Waals surface area contributed by atoms with Crippen LogP contribution in [-0.2, 0) is 0 Å². The Labute approximate surface area is 338 Å². The molecule has 0 bridgehead atoms. The first-order chi connectivity index (χ1) is 28.8. The second-order valence-corrected chi connectivity index (χ2v) is 15.9. The SMILES string of the molecule is c1ccc(-c2ccc(N(c3ccc4c(c3)oc3c(-n5c6ccccc6c6ccccc65)cccc34)c3cc(-c4ccccc4)cc4c3sc3ccccc34)cc2)cc1. The van der Waals surface area contributed by atoms with Crippen LogP contribution in [0.15, 0.2) is 211 Å². The molecule has 0 aliphatic heterocycles. The number of anilines is 3. The van der Waals surface area contributed by atoms with Crippen LogP contribution in [0.3, 0.4) is 0 Å². The quantitative estimate of drug-likeness (QED) is 0.168. The Morgan fingerprint density at radius 2 is 0.983 bits per heavy atom. The van der Waals surface area contributed by atoms with Gasteiger partial charge in [-0.1, -0.05) is 140 Å². The third-order valence-corrected chi connectivity index (χ3v) is 12.8. The Hall–Kier alpha value is -7.40. The Morgan fingerprint density at radius 3 is 1.71 bits per heavy atom. The van der Waals surface area contributed by atoms with E-state index in [2.05, 4.69) is 216 Å². The summed E-state index contributed by atoms with van der Waals surface area (Å²) in [6, 6.07) is 74.3. The van der Waals surface area contributed by atoms with E-state index in [9.17, 15) is 0 Å². The van der Waals surface area contributed by atoms with E-state index in [0.717, 1.165) is 55.7 Å². The van der Waals surface area contributed by atoms with Gasteiger partial charge in [0.15, 0.2) is 5.58 Å². The molecule has 0 aliphatic rings. The van der Waals surface area contributed by atoms with Crippen LogP contribution in [0, 0.1) is 0 Å². The minimum Gasteiger partial charge on any atom is -0.454 e. The molecule has 0 aliphatic carbocycles. The van der Waals surface area contributed by atoms with Crippen LogP contribution >= 0.6 is 11.3 Å². The highest BCUT2D eigenvalue weighted by atomic mass is 32.1. The predicted octanol–water partition coefficient (Wildman–Crippen LogP) is 15.9. The number of aromatic nitrogens is 1. The molecule has 0 atom stereocenters. The number of thiophene rings is 1. The molecule has 0 radical (unpaired) electrons. The van der Waals surface area contributed by atoms with Crippen molar-refractivity contribution in [1.82, 2.24) is 4.57 Å². The van der Waals surface area contributed by atoms with Crippen molar-refractivity contribution in [3.05, 3.63) is 206 Å². The third-order valence-electron chi connectivity index (χ3n) is 11.6. The zero-order valence-corrected chi connectivity index (χ0v) is 32.2. The summed E-state index contributed by atoms with van der Waals surface area (Å²) in [5.41, 5.74) is 13.0. The summed E-state index contributed by atoms with van der Waals surface area (Å²) >= 11 is 1.85. The van der Waals surface area contributed by atoms with Gasteiger partial charge >= 0.3 is 0 Å². The fourth-order valence-electron chi connectivity index (χ4n) is 8.90. The molecule has 0 saturated heterocycles. The number of hydrogen-bond acceptors (Lipinski definition) is 3. The average Bonchev–Trinajstić information content (AvgIpc) is 3.97. The monoisotopic (exact) mass is 758 g/mol. The third kappa shape index (κ3) is 5.12. The van der Waals surface area contributed by atoms with E-state index < -0.39 is 0 Å². The van der Waals surface area contributed by atoms with Gasteiger partial charge in [-0.25, -0.2) is 0 Å². The van der Waals surface area contributed by atoms with Crippen molar-refractivity contribution in [2.75, 3.05) is 4.90 Å². The van der Waals surface area contributed by atoms with E-state index in [0.29, 0.717) is 0 Å². The molecule has 0 unspecified atom stereocenters. The summed E-state index contributed by atoms with van der Waals surface area (Å²) in [6.45, 7) is 0. The normalized spacial score (nSPS) is 11.8. The van der Waals surface area contributed by atoms with Gasteiger partial charge in [-0.15, -0.1) is 11.3 Å². The van der Waals surface area contributed by atoms with E-state index in [-0.39, 0.29) is 0 Å². The van der Waals surface area contributed by atoms with Crippen LogP contribution < -0.4 is 4.90 Å². The van der Waals surface area contributed by atoms with E-state index in [1.807, 2.05) is 11.3 Å². The van der Waals surface area contributed by atoms with Gasteiger partial charge in [-0.05, 0) is 82.9 Å². The number of fused-ring (bicyclic) bond motifs is 9. The number of nitrogens with zero attached hydrogens (tertiary/aromatic N) is 2. The molecule has 0 N–H and O–H groups in total. The number of furan rings is 1. The predicted molar refractivity (Wildman–Crippen MR) is 247 cm³/mol. The topological polar surface area (TPSA) is 21.3 Å². The lowest BCUT2D eigenvalue weighted by molar-refractivity contribution is 0.666. The average molecular weight is 759 g/mol. The Balaban J connectivity index is 1.10. The highest BCUT2D eigenvalue weighted by molar-refractivity contribution is 7.26. The van der Waals surface area contributed by atoms with Gasteiger partial charge in [0.05, 0.1) is 27.1 Å². The van der Waals surface area contributed by atoms with Crippen molar-refractivity contribution in [3.63, 3.8) is 0 Å². The van der Waals surface area contributed by atoms with Crippen molar-refractivity contribution in [3.8, 4) is 27.9 Å². The van der Waals surface area contributed by atoms with Crippen LogP contribution in [0.5, 0.6) is 0 Å². The molecular formula is C54H34N2OS. The lowest BCUT2D eigenvalue weighted by atomic mass is 10.00. The minimum atomic E-state index is 0.846. The van der Waals surface area contributed by atoms with Gasteiger partial charge in [0, 0.05) is 54.5 Å². The van der Waals surface area contributed by atoms with Crippen LogP contribution in [-0.4, -0.2) is 4.57 Å². The lowest BCUT2D eigenvalue weighted by Crippen LogP contribution is -2.10. The second kappa shape index (κ2) is 13.1. The van der Waals surface area contributed by atoms with Crippen molar-refractivity contribution in [1.29, 1.82) is 0 Å². The maximum Gasteiger partial charge on any atom is 0.159 e. The van der Waals surface area contributed by atoms with Gasteiger partial charge in [0.2, 0.25) is 0 Å². The molecule has 0 saturated carbocycles. The van der Waals surface area contributed by atoms with Crippen molar-refractivity contribution in [2.45, 2.75) is 0 Å². The van der Waals surface area contributed by atoms with E-state index in [4.69, 9.17) is 4.42 Å². The molecule has 0 amide bonds. The van der Waals surface area contributed by atoms with Crippen molar-refractivity contribution in [2.24, 2.45) is 0 Å². The summed E-state index contributed by atoms with van der Waals surface area (Å²) in [5.74, 6) is 0. The molecule has 3 heterocycles. The molecule has 0 spiro atoms. The number of benzene rings is 9. The highest BCUT2D eigenvalue weighted by Crippen LogP contribution is 2.48. The Kier molecular flexibility index (Phi) is 7.40. The van der Waals surface area contributed by atoms with Gasteiger partial charge in [-0.2, -0.15) is 0 Å². The van der Waals surface area contributed by atoms with Gasteiger partial charge < -0.3 is 13.9 Å². The summed E-state index contributed by atoms with van der Waals surface area (Å²) in [6.07, 6.45) is 0. The fourth-order valence-corrected chi connectivity index (χ4v) is 10.1. The van der Waals surface area contributed by atoms with Gasteiger partial charge in [0.1, 0.15) is 5.58 Å². The second-order valence-electron chi connectivity index (χ2n) is 14.9. The first kappa shape index (κ1) is 32.8. The molecule has 58 heavy (non-hydrogen) atoms. The first-order valence-electron chi connectivity index (χ1n) is 19.7. The summed E-state index contributed by atoms with van der Waals surface area (Å²) in [7, 11) is 0. The molecule has 4 heteroatoms. The Bertz CT molecular complexity index is 3450. The lowest BCUT2D eigenvalue weighted by Gasteiger charge is -2.27. The molecule has 272 valence electrons. The van der Waals surface area contributed by atoms with E-state index in [1.54, 1.807) is 0 Å². The fraction of sp³-hybridized carbons (Fsp3) is 0. The summed E-state index contributed by atoms with van der Waals surface area (Å²) in [4.78, 5) is 2.42. The highest BCUT2D eigenvalue weighted by Gasteiger charge is 2.23. The molecule has 3 nitrogen and oxygen atoms in total. The smallest absolute Gasteiger partial charge is 0.159 e. The molecule has 0 fully saturated rings. The van der Waals surface area contributed by atoms with Gasteiger partial charge in [-0.3, -0.25) is 0 Å². The van der Waals surface area contributed by atoms with Crippen LogP contribution in [0.1, 0.15) is 0 Å². The maximum absolute atomic E-state index is 7.03. The van der Waals surface area contributed by atoms with E-state index >= 15 is 0 Å². The molecular weight excluding hydrogens is 725 g/mol. The van der Waals surface area contributed by atoms with Crippen LogP contribution in [0.25, 0.3) is 91.9 Å². The summed E-state index contributed by atoms with van der Waals surface area (Å²) in [5, 5.41) is 7.17. The molecule has 3 aromatic heterocycles.